The summed E-state index contributed by atoms with van der Waals surface area (Å²) in [5.41, 5.74) is 2.04. The molecule has 1 fully saturated rings. The molecule has 1 aliphatic heterocycles. The lowest BCUT2D eigenvalue weighted by Crippen LogP contribution is -2.42. The highest BCUT2D eigenvalue weighted by molar-refractivity contribution is 6.10. The average molecular weight is 444 g/mol. The van der Waals surface area contributed by atoms with E-state index in [0.29, 0.717) is 43.3 Å². The second-order valence-corrected chi connectivity index (χ2v) is 7.58. The predicted molar refractivity (Wildman–Crippen MR) is 125 cm³/mol. The van der Waals surface area contributed by atoms with Gasteiger partial charge in [-0.05, 0) is 24.3 Å². The number of nitriles is 1. The molecule has 4 rings (SSSR count). The minimum absolute atomic E-state index is 0.00542. The molecule has 0 unspecified atom stereocenters. The topological polar surface area (TPSA) is 96.6 Å². The number of ether oxygens (including phenoxy) is 2. The molecule has 2 amide bonds. The number of benzene rings is 2. The number of para-hydroxylation sites is 1. The Balaban J connectivity index is 1.60. The van der Waals surface area contributed by atoms with Gasteiger partial charge in [0, 0.05) is 47.5 Å². The zero-order chi connectivity index (χ0) is 23.2. The summed E-state index contributed by atoms with van der Waals surface area (Å²) in [5, 5.41) is 13.2. The number of nitrogens with one attached hydrogen (secondary N) is 1. The summed E-state index contributed by atoms with van der Waals surface area (Å²) in [5.74, 6) is 0.0844. The Labute approximate surface area is 191 Å². The molecular weight excluding hydrogens is 420 g/mol. The van der Waals surface area contributed by atoms with Crippen LogP contribution in [-0.4, -0.2) is 54.7 Å². The maximum Gasteiger partial charge on any atom is 0.266 e. The smallest absolute Gasteiger partial charge is 0.266 e. The van der Waals surface area contributed by atoms with E-state index in [-0.39, 0.29) is 18.0 Å². The Kier molecular flexibility index (Phi) is 6.72. The highest BCUT2D eigenvalue weighted by Gasteiger charge is 2.19. The van der Waals surface area contributed by atoms with Gasteiger partial charge in [-0.15, -0.1) is 0 Å². The SMILES string of the molecule is COc1cccc(NC(=O)/C(C#N)=C/c2cn(CC(=O)N3CCOCC3)c3ccccc23)c1. The molecule has 2 aromatic carbocycles. The van der Waals surface area contributed by atoms with Crippen molar-refractivity contribution in [3.63, 3.8) is 0 Å². The maximum atomic E-state index is 12.8. The van der Waals surface area contributed by atoms with Gasteiger partial charge in [0.05, 0.1) is 20.3 Å². The first-order valence-electron chi connectivity index (χ1n) is 10.6. The summed E-state index contributed by atoms with van der Waals surface area (Å²) >= 11 is 0. The van der Waals surface area contributed by atoms with Gasteiger partial charge in [0.1, 0.15) is 23.9 Å². The second-order valence-electron chi connectivity index (χ2n) is 7.58. The van der Waals surface area contributed by atoms with Gasteiger partial charge < -0.3 is 24.3 Å². The van der Waals surface area contributed by atoms with E-state index in [4.69, 9.17) is 9.47 Å². The first-order chi connectivity index (χ1) is 16.1. The van der Waals surface area contributed by atoms with Crippen molar-refractivity contribution in [3.05, 3.63) is 65.9 Å². The standard InChI is InChI=1S/C25H24N4O4/c1-32-21-6-4-5-20(14-21)27-25(31)18(15-26)13-19-16-29(23-8-3-2-7-22(19)23)17-24(30)28-9-11-33-12-10-28/h2-8,13-14,16H,9-12,17H2,1H3,(H,27,31)/b18-13+. The van der Waals surface area contributed by atoms with Gasteiger partial charge in [0.25, 0.3) is 5.91 Å². The average Bonchev–Trinajstić information content (AvgIpc) is 3.20. The molecule has 0 bridgehead atoms. The van der Waals surface area contributed by atoms with Crippen molar-refractivity contribution in [1.82, 2.24) is 9.47 Å². The highest BCUT2D eigenvalue weighted by Crippen LogP contribution is 2.25. The van der Waals surface area contributed by atoms with E-state index < -0.39 is 5.91 Å². The van der Waals surface area contributed by atoms with Crippen molar-refractivity contribution in [1.29, 1.82) is 5.26 Å². The van der Waals surface area contributed by atoms with Gasteiger partial charge in [-0.1, -0.05) is 24.3 Å². The molecule has 1 aromatic heterocycles. The van der Waals surface area contributed by atoms with Gasteiger partial charge in [0.2, 0.25) is 5.91 Å². The van der Waals surface area contributed by atoms with Crippen molar-refractivity contribution >= 4 is 34.5 Å². The molecule has 8 heteroatoms. The Morgan fingerprint density at radius 2 is 1.97 bits per heavy atom. The van der Waals surface area contributed by atoms with Crippen LogP contribution in [0.15, 0.2) is 60.3 Å². The number of rotatable bonds is 6. The van der Waals surface area contributed by atoms with Gasteiger partial charge in [-0.25, -0.2) is 0 Å². The summed E-state index contributed by atoms with van der Waals surface area (Å²) in [6.07, 6.45) is 3.35. The van der Waals surface area contributed by atoms with Gasteiger partial charge in [-0.3, -0.25) is 9.59 Å². The van der Waals surface area contributed by atoms with Crippen LogP contribution in [-0.2, 0) is 20.9 Å². The van der Waals surface area contributed by atoms with Crippen LogP contribution >= 0.6 is 0 Å². The van der Waals surface area contributed by atoms with Crippen molar-refractivity contribution in [2.45, 2.75) is 6.54 Å². The van der Waals surface area contributed by atoms with Crippen molar-refractivity contribution in [3.8, 4) is 11.8 Å². The number of methoxy groups -OCH3 is 1. The van der Waals surface area contributed by atoms with Crippen LogP contribution in [0.1, 0.15) is 5.56 Å². The number of aromatic nitrogens is 1. The molecule has 1 N–H and O–H groups in total. The molecule has 8 nitrogen and oxygen atoms in total. The molecular formula is C25H24N4O4. The zero-order valence-electron chi connectivity index (χ0n) is 18.3. The van der Waals surface area contributed by atoms with Crippen molar-refractivity contribution in [2.75, 3.05) is 38.7 Å². The molecule has 0 atom stereocenters. The van der Waals surface area contributed by atoms with E-state index in [1.54, 1.807) is 48.5 Å². The highest BCUT2D eigenvalue weighted by atomic mass is 16.5. The van der Waals surface area contributed by atoms with E-state index in [2.05, 4.69) is 5.32 Å². The van der Waals surface area contributed by atoms with Gasteiger partial charge in [-0.2, -0.15) is 5.26 Å². The molecule has 1 aliphatic rings. The third kappa shape index (κ3) is 5.05. The van der Waals surface area contributed by atoms with Crippen LogP contribution in [0.4, 0.5) is 5.69 Å². The summed E-state index contributed by atoms with van der Waals surface area (Å²) in [6, 6.07) is 16.5. The van der Waals surface area contributed by atoms with Crippen LogP contribution < -0.4 is 10.1 Å². The predicted octanol–water partition coefficient (Wildman–Crippen LogP) is 3.05. The Hall–Kier alpha value is -4.09. The van der Waals surface area contributed by atoms with Crippen LogP contribution in [0.25, 0.3) is 17.0 Å². The molecule has 3 aromatic rings. The molecule has 0 aliphatic carbocycles. The number of amides is 2. The van der Waals surface area contributed by atoms with Crippen molar-refractivity contribution in [2.24, 2.45) is 0 Å². The molecule has 168 valence electrons. The van der Waals surface area contributed by atoms with Crippen LogP contribution in [0.5, 0.6) is 5.75 Å². The Morgan fingerprint density at radius 3 is 2.73 bits per heavy atom. The molecule has 1 saturated heterocycles. The van der Waals surface area contributed by atoms with Crippen LogP contribution in [0, 0.1) is 11.3 Å². The number of fused-ring (bicyclic) bond motifs is 1. The number of anilines is 1. The zero-order valence-corrected chi connectivity index (χ0v) is 18.3. The molecule has 33 heavy (non-hydrogen) atoms. The monoisotopic (exact) mass is 444 g/mol. The van der Waals surface area contributed by atoms with E-state index >= 15 is 0 Å². The number of carbonyl (C=O) groups excluding carboxylic acids is 2. The fraction of sp³-hybridized carbons (Fsp3) is 0.240. The number of hydrogen-bond donors (Lipinski definition) is 1. The lowest BCUT2D eigenvalue weighted by atomic mass is 10.1. The number of carbonyl (C=O) groups is 2. The lowest BCUT2D eigenvalue weighted by Gasteiger charge is -2.27. The largest absolute Gasteiger partial charge is 0.497 e. The molecule has 0 spiro atoms. The number of nitrogens with zero attached hydrogens (tertiary/aromatic N) is 3. The minimum Gasteiger partial charge on any atom is -0.497 e. The first-order valence-corrected chi connectivity index (χ1v) is 10.6. The van der Waals surface area contributed by atoms with E-state index in [1.807, 2.05) is 34.9 Å². The fourth-order valence-electron chi connectivity index (χ4n) is 3.78. The summed E-state index contributed by atoms with van der Waals surface area (Å²) in [4.78, 5) is 27.3. The first kappa shape index (κ1) is 22.1. The summed E-state index contributed by atoms with van der Waals surface area (Å²) in [6.45, 7) is 2.41. The summed E-state index contributed by atoms with van der Waals surface area (Å²) in [7, 11) is 1.54. The Morgan fingerprint density at radius 1 is 1.18 bits per heavy atom. The van der Waals surface area contributed by atoms with E-state index in [0.717, 1.165) is 10.9 Å². The van der Waals surface area contributed by atoms with Gasteiger partial charge in [0.15, 0.2) is 0 Å². The quantitative estimate of drug-likeness (QED) is 0.466. The van der Waals surface area contributed by atoms with Crippen LogP contribution in [0.3, 0.4) is 0 Å². The third-order valence-electron chi connectivity index (χ3n) is 5.48. The Bertz CT molecular complexity index is 1250. The van der Waals surface area contributed by atoms with Gasteiger partial charge >= 0.3 is 0 Å². The number of hydrogen-bond acceptors (Lipinski definition) is 5. The lowest BCUT2D eigenvalue weighted by molar-refractivity contribution is -0.135. The molecule has 0 saturated carbocycles. The van der Waals surface area contributed by atoms with Crippen molar-refractivity contribution < 1.29 is 19.1 Å². The molecule has 0 radical (unpaired) electrons. The van der Waals surface area contributed by atoms with E-state index in [1.165, 1.54) is 0 Å². The minimum atomic E-state index is -0.521. The third-order valence-corrected chi connectivity index (χ3v) is 5.48. The normalized spacial score (nSPS) is 14.1. The van der Waals surface area contributed by atoms with E-state index in [9.17, 15) is 14.9 Å². The number of morpholine rings is 1. The maximum absolute atomic E-state index is 12.8. The second kappa shape index (κ2) is 10.0. The van der Waals surface area contributed by atoms with Crippen LogP contribution in [0.2, 0.25) is 0 Å². The fourth-order valence-corrected chi connectivity index (χ4v) is 3.78. The summed E-state index contributed by atoms with van der Waals surface area (Å²) < 4.78 is 12.4. The molecule has 2 heterocycles.